The van der Waals surface area contributed by atoms with Gasteiger partial charge in [-0.3, -0.25) is 10.0 Å². The van der Waals surface area contributed by atoms with Gasteiger partial charge in [0, 0.05) is 31.3 Å². The molecule has 0 bridgehead atoms. The summed E-state index contributed by atoms with van der Waals surface area (Å²) in [6, 6.07) is 20.0. The van der Waals surface area contributed by atoms with E-state index in [2.05, 4.69) is 10.2 Å². The van der Waals surface area contributed by atoms with E-state index >= 15 is 0 Å². The van der Waals surface area contributed by atoms with E-state index in [9.17, 15) is 10.2 Å². The third kappa shape index (κ3) is 6.73. The summed E-state index contributed by atoms with van der Waals surface area (Å²) in [5.74, 6) is -1.16. The van der Waals surface area contributed by atoms with Crippen LogP contribution in [0, 0.1) is 0 Å². The Morgan fingerprint density at radius 2 is 1.03 bits per heavy atom. The van der Waals surface area contributed by atoms with E-state index < -0.39 is 18.2 Å². The van der Waals surface area contributed by atoms with Crippen LogP contribution < -0.4 is 69.3 Å². The Balaban J connectivity index is 0.00000216. The first-order valence-electron chi connectivity index (χ1n) is 10.9. The van der Waals surface area contributed by atoms with Crippen molar-refractivity contribution >= 4 is 46.2 Å². The SMILES string of the molecule is CN(/N=C(\[O-])C/C([O-])=N/N(C)C(=S)C1(c2ccccc2)CC1)C(=S)C1(c2ccccc2)CC1.[Na+].[Na+]. The van der Waals surface area contributed by atoms with Gasteiger partial charge in [-0.1, -0.05) is 85.1 Å². The minimum atomic E-state index is -0.582. The predicted molar refractivity (Wildman–Crippen MR) is 135 cm³/mol. The van der Waals surface area contributed by atoms with Crippen molar-refractivity contribution in [2.24, 2.45) is 10.2 Å². The van der Waals surface area contributed by atoms with Gasteiger partial charge >= 0.3 is 59.1 Å². The minimum Gasteiger partial charge on any atom is -0.860 e. The Bertz CT molecular complexity index is 1020. The number of hydrogen-bond acceptors (Lipinski definition) is 6. The van der Waals surface area contributed by atoms with Crippen molar-refractivity contribution in [1.29, 1.82) is 0 Å². The van der Waals surface area contributed by atoms with Crippen LogP contribution in [0.1, 0.15) is 43.2 Å². The van der Waals surface area contributed by atoms with Crippen LogP contribution in [0.3, 0.4) is 0 Å². The molecule has 4 rings (SSSR count). The summed E-state index contributed by atoms with van der Waals surface area (Å²) in [7, 11) is 3.31. The molecule has 172 valence electrons. The van der Waals surface area contributed by atoms with Gasteiger partial charge in [0.1, 0.15) is 9.98 Å². The Hall–Kier alpha value is -0.840. The minimum absolute atomic E-state index is 0. The molecule has 35 heavy (non-hydrogen) atoms. The topological polar surface area (TPSA) is 77.3 Å². The standard InChI is InChI=1S/C25H28N4O2S2.2Na/c1-28(22(32)24(13-14-24)18-9-5-3-6-10-18)26-20(30)17-21(31)27-29(2)23(33)25(15-16-25)19-11-7-4-8-12-19;;/h3-12H,13-17H2,1-2H3,(H,26,30)(H,27,31);;/q;2*+1/p-2. The van der Waals surface area contributed by atoms with E-state index in [1.807, 2.05) is 60.7 Å². The van der Waals surface area contributed by atoms with Gasteiger partial charge < -0.3 is 10.2 Å². The van der Waals surface area contributed by atoms with Crippen molar-refractivity contribution < 1.29 is 69.3 Å². The fraction of sp³-hybridized carbons (Fsp3) is 0.360. The molecule has 2 aromatic carbocycles. The number of hydrazone groups is 2. The van der Waals surface area contributed by atoms with E-state index in [1.165, 1.54) is 10.0 Å². The average molecular weight is 525 g/mol. The molecular weight excluding hydrogens is 498 g/mol. The Morgan fingerprint density at radius 1 is 0.714 bits per heavy atom. The zero-order valence-electron chi connectivity index (χ0n) is 20.7. The second kappa shape index (κ2) is 12.6. The molecule has 0 amide bonds. The summed E-state index contributed by atoms with van der Waals surface area (Å²) < 4.78 is 0. The van der Waals surface area contributed by atoms with Crippen LogP contribution in [0.4, 0.5) is 0 Å². The predicted octanol–water partition coefficient (Wildman–Crippen LogP) is -3.29. The number of hydrogen-bond donors (Lipinski definition) is 0. The zero-order valence-corrected chi connectivity index (χ0v) is 26.4. The molecule has 2 aliphatic rings. The van der Waals surface area contributed by atoms with Crippen LogP contribution in [0.5, 0.6) is 0 Å². The monoisotopic (exact) mass is 524 g/mol. The average Bonchev–Trinajstić information content (AvgIpc) is 3.73. The molecule has 2 aromatic rings. The van der Waals surface area contributed by atoms with Crippen molar-refractivity contribution in [3.05, 3.63) is 71.8 Å². The molecule has 0 aliphatic heterocycles. The molecule has 0 saturated heterocycles. The third-order valence-electron chi connectivity index (χ3n) is 6.38. The van der Waals surface area contributed by atoms with Crippen LogP contribution in [-0.2, 0) is 10.8 Å². The number of thiocarbonyl (C=S) groups is 2. The molecule has 0 heterocycles. The maximum atomic E-state index is 12.4. The summed E-state index contributed by atoms with van der Waals surface area (Å²) in [6.45, 7) is 0. The summed E-state index contributed by atoms with van der Waals surface area (Å²) in [5, 5.41) is 35.8. The fourth-order valence-electron chi connectivity index (χ4n) is 4.26. The van der Waals surface area contributed by atoms with E-state index in [0.29, 0.717) is 9.98 Å². The second-order valence-electron chi connectivity index (χ2n) is 8.72. The molecule has 2 saturated carbocycles. The summed E-state index contributed by atoms with van der Waals surface area (Å²) in [6.07, 6.45) is 3.25. The van der Waals surface area contributed by atoms with Crippen LogP contribution in [0.2, 0.25) is 0 Å². The smallest absolute Gasteiger partial charge is 0.860 e. The summed E-state index contributed by atoms with van der Waals surface area (Å²) in [5.41, 5.74) is 1.73. The van der Waals surface area contributed by atoms with E-state index in [-0.39, 0.29) is 69.9 Å². The summed E-state index contributed by atoms with van der Waals surface area (Å²) >= 11 is 11.3. The molecule has 0 spiro atoms. The molecule has 10 heteroatoms. The molecule has 0 atom stereocenters. The summed E-state index contributed by atoms with van der Waals surface area (Å²) in [4.78, 5) is 1.17. The zero-order chi connectivity index (χ0) is 23.6. The normalized spacial score (nSPS) is 17.3. The molecule has 6 nitrogen and oxygen atoms in total. The van der Waals surface area contributed by atoms with Gasteiger partial charge in [0.25, 0.3) is 0 Å². The van der Waals surface area contributed by atoms with E-state index in [4.69, 9.17) is 24.4 Å². The number of likely N-dealkylation sites (N-methyl/N-ethyl adjacent to an activating group) is 2. The molecule has 0 unspecified atom stereocenters. The van der Waals surface area contributed by atoms with Gasteiger partial charge in [0.2, 0.25) is 0 Å². The van der Waals surface area contributed by atoms with Crippen molar-refractivity contribution in [2.45, 2.75) is 42.9 Å². The van der Waals surface area contributed by atoms with Crippen LogP contribution >= 0.6 is 24.4 Å². The largest absolute Gasteiger partial charge is 1.00 e. The maximum Gasteiger partial charge on any atom is 1.00 e. The maximum absolute atomic E-state index is 12.4. The van der Waals surface area contributed by atoms with Gasteiger partial charge in [0.15, 0.2) is 0 Å². The van der Waals surface area contributed by atoms with Gasteiger partial charge in [0.05, 0.1) is 0 Å². The van der Waals surface area contributed by atoms with Gasteiger partial charge in [-0.05, 0) is 48.6 Å². The van der Waals surface area contributed by atoms with Gasteiger partial charge in [-0.15, -0.1) is 0 Å². The van der Waals surface area contributed by atoms with Gasteiger partial charge in [-0.25, -0.2) is 0 Å². The number of rotatable bonds is 8. The van der Waals surface area contributed by atoms with Crippen LogP contribution in [0.15, 0.2) is 70.9 Å². The molecule has 0 N–H and O–H groups in total. The molecule has 0 radical (unpaired) electrons. The van der Waals surface area contributed by atoms with Crippen molar-refractivity contribution in [3.63, 3.8) is 0 Å². The molecular formula is C25H26N4Na2O2S2. The first kappa shape index (κ1) is 30.4. The Morgan fingerprint density at radius 3 is 1.31 bits per heavy atom. The van der Waals surface area contributed by atoms with E-state index in [0.717, 1.165) is 36.8 Å². The Labute approximate surface area is 262 Å². The molecule has 2 fully saturated rings. The van der Waals surface area contributed by atoms with Crippen molar-refractivity contribution in [3.8, 4) is 0 Å². The fourth-order valence-corrected chi connectivity index (χ4v) is 4.99. The Kier molecular flexibility index (Phi) is 10.9. The second-order valence-corrected chi connectivity index (χ2v) is 9.49. The molecule has 0 aromatic heterocycles. The van der Waals surface area contributed by atoms with Crippen LogP contribution in [-0.4, -0.2) is 45.9 Å². The van der Waals surface area contributed by atoms with E-state index in [1.54, 1.807) is 14.1 Å². The van der Waals surface area contributed by atoms with Crippen molar-refractivity contribution in [1.82, 2.24) is 10.0 Å². The van der Waals surface area contributed by atoms with Crippen molar-refractivity contribution in [2.75, 3.05) is 14.1 Å². The van der Waals surface area contributed by atoms with Crippen LogP contribution in [0.25, 0.3) is 0 Å². The first-order valence-corrected chi connectivity index (χ1v) is 11.8. The van der Waals surface area contributed by atoms with Gasteiger partial charge in [-0.2, -0.15) is 10.2 Å². The first-order chi connectivity index (χ1) is 15.8. The molecule has 2 aliphatic carbocycles. The number of nitrogens with zero attached hydrogens (tertiary/aromatic N) is 4. The quantitative estimate of drug-likeness (QED) is 0.119. The number of benzene rings is 2. The third-order valence-corrected chi connectivity index (χ3v) is 7.69.